The van der Waals surface area contributed by atoms with E-state index in [4.69, 9.17) is 21.8 Å². The zero-order valence-corrected chi connectivity index (χ0v) is 7.84. The molecule has 0 radical (unpaired) electrons. The summed E-state index contributed by atoms with van der Waals surface area (Å²) in [5, 5.41) is 0.436. The summed E-state index contributed by atoms with van der Waals surface area (Å²) in [7, 11) is 1.99. The third-order valence-corrected chi connectivity index (χ3v) is 1.77. The molecule has 0 atom stereocenters. The van der Waals surface area contributed by atoms with E-state index in [1.54, 1.807) is 6.07 Å². The number of hydrogen-bond acceptors (Lipinski definition) is 3. The molecule has 0 aliphatic heterocycles. The summed E-state index contributed by atoms with van der Waals surface area (Å²) in [6.45, 7) is 2.27. The first kappa shape index (κ1) is 9.58. The van der Waals surface area contributed by atoms with Crippen molar-refractivity contribution >= 4 is 11.6 Å². The lowest BCUT2D eigenvalue weighted by Crippen LogP contribution is -2.24. The third-order valence-electron chi connectivity index (χ3n) is 1.57. The maximum atomic E-state index is 5.61. The fourth-order valence-electron chi connectivity index (χ4n) is 1.00. The Hall–Kier alpha value is -0.510. The van der Waals surface area contributed by atoms with Gasteiger partial charge in [0, 0.05) is 13.1 Å². The third kappa shape index (κ3) is 2.85. The quantitative estimate of drug-likeness (QED) is 0.775. The van der Waals surface area contributed by atoms with Crippen LogP contribution in [0.3, 0.4) is 0 Å². The van der Waals surface area contributed by atoms with Gasteiger partial charge in [0.1, 0.15) is 5.76 Å². The summed E-state index contributed by atoms with van der Waals surface area (Å²) in [6, 6.07) is 3.61. The van der Waals surface area contributed by atoms with Crippen molar-refractivity contribution in [2.24, 2.45) is 5.73 Å². The summed E-state index contributed by atoms with van der Waals surface area (Å²) in [4.78, 5) is 2.08. The Balaban J connectivity index is 2.41. The number of nitrogens with two attached hydrogens (primary N) is 1. The van der Waals surface area contributed by atoms with Crippen molar-refractivity contribution in [3.8, 4) is 0 Å². The standard InChI is InChI=1S/C8H13ClN2O/c1-11(5-4-10)6-7-2-3-8(9)12-7/h2-3H,4-6,10H2,1H3. The summed E-state index contributed by atoms with van der Waals surface area (Å²) in [5.74, 6) is 0.871. The van der Waals surface area contributed by atoms with E-state index in [2.05, 4.69) is 4.90 Å². The molecule has 12 heavy (non-hydrogen) atoms. The SMILES string of the molecule is CN(CCN)Cc1ccc(Cl)o1. The lowest BCUT2D eigenvalue weighted by molar-refractivity contribution is 0.303. The molecule has 1 rings (SSSR count). The Morgan fingerprint density at radius 1 is 1.58 bits per heavy atom. The topological polar surface area (TPSA) is 42.4 Å². The predicted molar refractivity (Wildman–Crippen MR) is 49.1 cm³/mol. The predicted octanol–water partition coefficient (Wildman–Crippen LogP) is 1.32. The van der Waals surface area contributed by atoms with Gasteiger partial charge in [-0.15, -0.1) is 0 Å². The van der Waals surface area contributed by atoms with Crippen LogP contribution in [0.5, 0.6) is 0 Å². The van der Waals surface area contributed by atoms with E-state index in [-0.39, 0.29) is 0 Å². The van der Waals surface area contributed by atoms with Crippen molar-refractivity contribution in [1.82, 2.24) is 4.90 Å². The summed E-state index contributed by atoms with van der Waals surface area (Å²) in [6.07, 6.45) is 0. The zero-order chi connectivity index (χ0) is 8.97. The van der Waals surface area contributed by atoms with Gasteiger partial charge in [0.05, 0.1) is 6.54 Å². The molecule has 0 aliphatic rings. The minimum atomic E-state index is 0.436. The highest BCUT2D eigenvalue weighted by atomic mass is 35.5. The van der Waals surface area contributed by atoms with Crippen LogP contribution in [0.25, 0.3) is 0 Å². The van der Waals surface area contributed by atoms with E-state index >= 15 is 0 Å². The molecule has 1 aromatic heterocycles. The molecule has 0 fully saturated rings. The highest BCUT2D eigenvalue weighted by Crippen LogP contribution is 2.13. The molecule has 0 saturated carbocycles. The van der Waals surface area contributed by atoms with Gasteiger partial charge in [0.15, 0.2) is 5.22 Å². The Morgan fingerprint density at radius 2 is 2.33 bits per heavy atom. The number of likely N-dealkylation sites (N-methyl/N-ethyl adjacent to an activating group) is 1. The summed E-state index contributed by atoms with van der Waals surface area (Å²) >= 11 is 5.61. The van der Waals surface area contributed by atoms with Gasteiger partial charge in [-0.1, -0.05) is 0 Å². The Morgan fingerprint density at radius 3 is 2.83 bits per heavy atom. The highest BCUT2D eigenvalue weighted by molar-refractivity contribution is 6.28. The van der Waals surface area contributed by atoms with E-state index in [1.807, 2.05) is 13.1 Å². The highest BCUT2D eigenvalue weighted by Gasteiger charge is 2.02. The molecular formula is C8H13ClN2O. The molecule has 0 aromatic carbocycles. The van der Waals surface area contributed by atoms with Gasteiger partial charge in [-0.3, -0.25) is 4.90 Å². The van der Waals surface area contributed by atoms with Crippen LogP contribution >= 0.6 is 11.6 Å². The number of hydrogen-bond donors (Lipinski definition) is 1. The van der Waals surface area contributed by atoms with Gasteiger partial charge in [0.2, 0.25) is 0 Å². The number of nitrogens with zero attached hydrogens (tertiary/aromatic N) is 1. The van der Waals surface area contributed by atoms with Gasteiger partial charge in [0.25, 0.3) is 0 Å². The molecule has 0 bridgehead atoms. The smallest absolute Gasteiger partial charge is 0.193 e. The minimum Gasteiger partial charge on any atom is -0.448 e. The molecule has 4 heteroatoms. The molecule has 0 aliphatic carbocycles. The molecule has 0 amide bonds. The van der Waals surface area contributed by atoms with Crippen LogP contribution in [-0.4, -0.2) is 25.0 Å². The van der Waals surface area contributed by atoms with Crippen LogP contribution in [0.2, 0.25) is 5.22 Å². The maximum absolute atomic E-state index is 5.61. The molecule has 0 unspecified atom stereocenters. The van der Waals surface area contributed by atoms with Crippen LogP contribution in [0, 0.1) is 0 Å². The largest absolute Gasteiger partial charge is 0.448 e. The van der Waals surface area contributed by atoms with E-state index < -0.39 is 0 Å². The molecule has 1 aromatic rings. The Bertz CT molecular complexity index is 237. The molecule has 68 valence electrons. The van der Waals surface area contributed by atoms with Crippen LogP contribution in [0.4, 0.5) is 0 Å². The van der Waals surface area contributed by atoms with E-state index in [0.29, 0.717) is 11.8 Å². The van der Waals surface area contributed by atoms with Crippen LogP contribution in [0.15, 0.2) is 16.5 Å². The van der Waals surface area contributed by atoms with Crippen molar-refractivity contribution in [2.75, 3.05) is 20.1 Å². The molecule has 0 saturated heterocycles. The molecular weight excluding hydrogens is 176 g/mol. The lowest BCUT2D eigenvalue weighted by atomic mass is 10.4. The van der Waals surface area contributed by atoms with Crippen molar-refractivity contribution in [3.05, 3.63) is 23.1 Å². The van der Waals surface area contributed by atoms with E-state index in [9.17, 15) is 0 Å². The van der Waals surface area contributed by atoms with Gasteiger partial charge in [-0.25, -0.2) is 0 Å². The number of rotatable bonds is 4. The second kappa shape index (κ2) is 4.50. The first-order chi connectivity index (χ1) is 5.72. The average Bonchev–Trinajstić information content (AvgIpc) is 2.36. The Labute approximate surface area is 77.1 Å². The second-order valence-corrected chi connectivity index (χ2v) is 3.10. The molecule has 2 N–H and O–H groups in total. The number of furan rings is 1. The first-order valence-electron chi connectivity index (χ1n) is 3.85. The summed E-state index contributed by atoms with van der Waals surface area (Å²) in [5.41, 5.74) is 5.39. The van der Waals surface area contributed by atoms with Gasteiger partial charge < -0.3 is 10.2 Å². The van der Waals surface area contributed by atoms with E-state index in [1.165, 1.54) is 0 Å². The van der Waals surface area contributed by atoms with E-state index in [0.717, 1.165) is 18.8 Å². The average molecular weight is 189 g/mol. The van der Waals surface area contributed by atoms with Crippen molar-refractivity contribution in [3.63, 3.8) is 0 Å². The van der Waals surface area contributed by atoms with Gasteiger partial charge >= 0.3 is 0 Å². The molecule has 3 nitrogen and oxygen atoms in total. The van der Waals surface area contributed by atoms with Gasteiger partial charge in [-0.2, -0.15) is 0 Å². The zero-order valence-electron chi connectivity index (χ0n) is 7.09. The molecule has 1 heterocycles. The second-order valence-electron chi connectivity index (χ2n) is 2.73. The van der Waals surface area contributed by atoms with Gasteiger partial charge in [-0.05, 0) is 30.8 Å². The van der Waals surface area contributed by atoms with Crippen molar-refractivity contribution in [1.29, 1.82) is 0 Å². The van der Waals surface area contributed by atoms with Crippen LogP contribution < -0.4 is 5.73 Å². The first-order valence-corrected chi connectivity index (χ1v) is 4.23. The lowest BCUT2D eigenvalue weighted by Gasteiger charge is -2.12. The monoisotopic (exact) mass is 188 g/mol. The molecule has 0 spiro atoms. The van der Waals surface area contributed by atoms with Crippen molar-refractivity contribution in [2.45, 2.75) is 6.54 Å². The normalized spacial score (nSPS) is 11.0. The maximum Gasteiger partial charge on any atom is 0.193 e. The summed E-state index contributed by atoms with van der Waals surface area (Å²) < 4.78 is 5.18. The van der Waals surface area contributed by atoms with Crippen LogP contribution in [-0.2, 0) is 6.54 Å². The number of halogens is 1. The Kier molecular flexibility index (Phi) is 3.59. The van der Waals surface area contributed by atoms with Crippen LogP contribution in [0.1, 0.15) is 5.76 Å². The van der Waals surface area contributed by atoms with Crippen molar-refractivity contribution < 1.29 is 4.42 Å². The fourth-order valence-corrected chi connectivity index (χ4v) is 1.16. The minimum absolute atomic E-state index is 0.436. The fraction of sp³-hybridized carbons (Fsp3) is 0.500.